The zero-order valence-corrected chi connectivity index (χ0v) is 12.3. The van der Waals surface area contributed by atoms with Gasteiger partial charge in [0.15, 0.2) is 0 Å². The summed E-state index contributed by atoms with van der Waals surface area (Å²) < 4.78 is 19.5. The molecule has 1 unspecified atom stereocenters. The first-order valence-electron chi connectivity index (χ1n) is 6.90. The third-order valence-electron chi connectivity index (χ3n) is 3.87. The highest BCUT2D eigenvalue weighted by molar-refractivity contribution is 5.31. The molecule has 3 N–H and O–H groups in total. The zero-order valence-electron chi connectivity index (χ0n) is 12.3. The van der Waals surface area contributed by atoms with Crippen molar-refractivity contribution in [1.82, 2.24) is 5.43 Å². The second kappa shape index (κ2) is 6.98. The van der Waals surface area contributed by atoms with Gasteiger partial charge in [-0.15, -0.1) is 0 Å². The van der Waals surface area contributed by atoms with E-state index in [1.165, 1.54) is 6.07 Å². The van der Waals surface area contributed by atoms with Crippen molar-refractivity contribution in [1.29, 1.82) is 0 Å². The second-order valence-corrected chi connectivity index (χ2v) is 4.81. The maximum Gasteiger partial charge on any atom is 0.123 e. The van der Waals surface area contributed by atoms with Crippen LogP contribution in [-0.4, -0.2) is 12.2 Å². The number of hydrogen-bond acceptors (Lipinski definition) is 3. The molecule has 108 valence electrons. The van der Waals surface area contributed by atoms with Gasteiger partial charge in [-0.05, 0) is 49.9 Å². The van der Waals surface area contributed by atoms with Crippen molar-refractivity contribution in [3.8, 4) is 0 Å². The molecule has 0 saturated heterocycles. The van der Waals surface area contributed by atoms with E-state index in [0.29, 0.717) is 6.61 Å². The van der Waals surface area contributed by atoms with Gasteiger partial charge in [0.25, 0.3) is 0 Å². The summed E-state index contributed by atoms with van der Waals surface area (Å²) in [6, 6.07) is 4.56. The van der Waals surface area contributed by atoms with Crippen molar-refractivity contribution in [2.45, 2.75) is 52.2 Å². The van der Waals surface area contributed by atoms with Crippen LogP contribution in [0.1, 0.15) is 50.8 Å². The van der Waals surface area contributed by atoms with Crippen molar-refractivity contribution in [3.63, 3.8) is 0 Å². The summed E-state index contributed by atoms with van der Waals surface area (Å²) in [5.74, 6) is 5.49. The average Bonchev–Trinajstić information content (AvgIpc) is 2.42. The van der Waals surface area contributed by atoms with Crippen LogP contribution in [0, 0.1) is 12.7 Å². The number of ether oxygens (including phenoxy) is 1. The molecule has 4 heteroatoms. The summed E-state index contributed by atoms with van der Waals surface area (Å²) in [7, 11) is 0. The van der Waals surface area contributed by atoms with Crippen LogP contribution in [-0.2, 0) is 4.74 Å². The molecule has 0 amide bonds. The molecule has 0 aliphatic carbocycles. The van der Waals surface area contributed by atoms with Gasteiger partial charge < -0.3 is 4.74 Å². The van der Waals surface area contributed by atoms with Crippen LogP contribution in [0.5, 0.6) is 0 Å². The fraction of sp³-hybridized carbons (Fsp3) is 0.600. The largest absolute Gasteiger partial charge is 0.373 e. The average molecular weight is 268 g/mol. The molecule has 0 fully saturated rings. The molecular formula is C15H25FN2O. The third kappa shape index (κ3) is 3.32. The van der Waals surface area contributed by atoms with Crippen LogP contribution in [0.4, 0.5) is 4.39 Å². The molecule has 0 aromatic heterocycles. The fourth-order valence-corrected chi connectivity index (χ4v) is 2.68. The van der Waals surface area contributed by atoms with Crippen LogP contribution in [0.3, 0.4) is 0 Å². The van der Waals surface area contributed by atoms with Crippen LogP contribution in [0.15, 0.2) is 18.2 Å². The lowest BCUT2D eigenvalue weighted by molar-refractivity contribution is -0.0735. The Hall–Kier alpha value is -0.970. The number of benzene rings is 1. The van der Waals surface area contributed by atoms with Gasteiger partial charge >= 0.3 is 0 Å². The number of halogens is 1. The summed E-state index contributed by atoms with van der Waals surface area (Å²) in [5, 5.41) is 0. The van der Waals surface area contributed by atoms with E-state index in [9.17, 15) is 4.39 Å². The van der Waals surface area contributed by atoms with E-state index in [1.807, 2.05) is 13.8 Å². The Morgan fingerprint density at radius 1 is 1.32 bits per heavy atom. The highest BCUT2D eigenvalue weighted by Gasteiger charge is 2.37. The molecule has 1 aromatic rings. The van der Waals surface area contributed by atoms with Crippen LogP contribution in [0.2, 0.25) is 0 Å². The Balaban J connectivity index is 3.26. The molecule has 3 nitrogen and oxygen atoms in total. The summed E-state index contributed by atoms with van der Waals surface area (Å²) in [6.45, 7) is 8.66. The maximum absolute atomic E-state index is 13.5. The summed E-state index contributed by atoms with van der Waals surface area (Å²) >= 11 is 0. The van der Waals surface area contributed by atoms with Crippen molar-refractivity contribution in [3.05, 3.63) is 35.1 Å². The van der Waals surface area contributed by atoms with Crippen molar-refractivity contribution in [2.75, 3.05) is 6.61 Å². The van der Waals surface area contributed by atoms with E-state index in [0.717, 1.165) is 24.0 Å². The normalized spacial score (nSPS) is 13.6. The lowest BCUT2D eigenvalue weighted by Crippen LogP contribution is -2.48. The van der Waals surface area contributed by atoms with Gasteiger partial charge in [-0.3, -0.25) is 11.3 Å². The molecular weight excluding hydrogens is 243 g/mol. The molecule has 0 heterocycles. The summed E-state index contributed by atoms with van der Waals surface area (Å²) in [6.07, 6.45) is 1.62. The molecule has 1 aromatic carbocycles. The topological polar surface area (TPSA) is 47.3 Å². The highest BCUT2D eigenvalue weighted by atomic mass is 19.1. The summed E-state index contributed by atoms with van der Waals surface area (Å²) in [4.78, 5) is 0. The van der Waals surface area contributed by atoms with Crippen LogP contribution >= 0.6 is 0 Å². The minimum Gasteiger partial charge on any atom is -0.373 e. The van der Waals surface area contributed by atoms with E-state index in [1.54, 1.807) is 12.1 Å². The number of nitrogens with two attached hydrogens (primary N) is 1. The lowest BCUT2D eigenvalue weighted by Gasteiger charge is -2.39. The minimum absolute atomic E-state index is 0.224. The molecule has 0 radical (unpaired) electrons. The van der Waals surface area contributed by atoms with Gasteiger partial charge in [0.2, 0.25) is 0 Å². The third-order valence-corrected chi connectivity index (χ3v) is 3.87. The smallest absolute Gasteiger partial charge is 0.123 e. The minimum atomic E-state index is -0.415. The van der Waals surface area contributed by atoms with Gasteiger partial charge in [-0.2, -0.15) is 0 Å². The number of aryl methyl sites for hydroxylation is 1. The van der Waals surface area contributed by atoms with E-state index in [-0.39, 0.29) is 11.9 Å². The molecule has 0 aliphatic rings. The van der Waals surface area contributed by atoms with Gasteiger partial charge in [0.05, 0.1) is 11.6 Å². The van der Waals surface area contributed by atoms with Crippen LogP contribution in [0.25, 0.3) is 0 Å². The Morgan fingerprint density at radius 3 is 2.42 bits per heavy atom. The van der Waals surface area contributed by atoms with E-state index in [2.05, 4.69) is 19.3 Å². The standard InChI is InChI=1S/C15H25FN2O/c1-5-15(6-2,19-7-3)14(18-17)13-10-12(16)9-8-11(13)4/h8-10,14,18H,5-7,17H2,1-4H3. The molecule has 1 atom stereocenters. The van der Waals surface area contributed by atoms with E-state index >= 15 is 0 Å². The molecule has 19 heavy (non-hydrogen) atoms. The van der Waals surface area contributed by atoms with E-state index < -0.39 is 5.60 Å². The maximum atomic E-state index is 13.5. The lowest BCUT2D eigenvalue weighted by atomic mass is 9.82. The van der Waals surface area contributed by atoms with Gasteiger partial charge in [0, 0.05) is 6.61 Å². The molecule has 0 bridgehead atoms. The fourth-order valence-electron chi connectivity index (χ4n) is 2.68. The number of hydrogen-bond donors (Lipinski definition) is 2. The van der Waals surface area contributed by atoms with Gasteiger partial charge in [-0.25, -0.2) is 4.39 Å². The SMILES string of the molecule is CCOC(CC)(CC)C(NN)c1cc(F)ccc1C. The Morgan fingerprint density at radius 2 is 1.95 bits per heavy atom. The summed E-state index contributed by atoms with van der Waals surface area (Å²) in [5.41, 5.74) is 4.28. The zero-order chi connectivity index (χ0) is 14.5. The monoisotopic (exact) mass is 268 g/mol. The molecule has 1 rings (SSSR count). The Kier molecular flexibility index (Phi) is 5.91. The second-order valence-electron chi connectivity index (χ2n) is 4.81. The molecule has 0 saturated carbocycles. The predicted octanol–water partition coefficient (Wildman–Crippen LogP) is 3.23. The highest BCUT2D eigenvalue weighted by Crippen LogP contribution is 2.36. The number of nitrogens with one attached hydrogen (secondary N) is 1. The Labute approximate surface area is 115 Å². The number of rotatable bonds is 7. The Bertz CT molecular complexity index is 405. The first-order valence-corrected chi connectivity index (χ1v) is 6.90. The van der Waals surface area contributed by atoms with Crippen molar-refractivity contribution in [2.24, 2.45) is 5.84 Å². The number of hydrazine groups is 1. The van der Waals surface area contributed by atoms with Gasteiger partial charge in [-0.1, -0.05) is 19.9 Å². The van der Waals surface area contributed by atoms with Crippen LogP contribution < -0.4 is 11.3 Å². The first-order chi connectivity index (χ1) is 9.04. The predicted molar refractivity (Wildman–Crippen MR) is 76.1 cm³/mol. The first kappa shape index (κ1) is 16.1. The van der Waals surface area contributed by atoms with Gasteiger partial charge in [0.1, 0.15) is 5.82 Å². The van der Waals surface area contributed by atoms with Crippen molar-refractivity contribution < 1.29 is 9.13 Å². The van der Waals surface area contributed by atoms with Crippen molar-refractivity contribution >= 4 is 0 Å². The quantitative estimate of drug-likeness (QED) is 0.589. The van der Waals surface area contributed by atoms with E-state index in [4.69, 9.17) is 10.6 Å². The molecule has 0 spiro atoms. The molecule has 0 aliphatic heterocycles.